The lowest BCUT2D eigenvalue weighted by atomic mass is 10.3. The molecule has 0 spiro atoms. The van der Waals surface area contributed by atoms with Crippen molar-refractivity contribution in [1.82, 2.24) is 4.98 Å². The number of H-pyrrole nitrogens is 1. The van der Waals surface area contributed by atoms with Crippen molar-refractivity contribution in [3.05, 3.63) is 18.7 Å². The molecule has 5 heteroatoms. The number of imidazole rings is 1. The Kier molecular flexibility index (Phi) is 3.96. The van der Waals surface area contributed by atoms with Gasteiger partial charge in [-0.25, -0.2) is 8.78 Å². The van der Waals surface area contributed by atoms with E-state index < -0.39 is 11.1 Å². The first-order valence-electron chi connectivity index (χ1n) is 3.88. The molecule has 0 bridgehead atoms. The van der Waals surface area contributed by atoms with Crippen molar-refractivity contribution in [3.8, 4) is 0 Å². The van der Waals surface area contributed by atoms with Gasteiger partial charge in [-0.1, -0.05) is 0 Å². The number of nitrogens with one attached hydrogen (secondary N) is 1. The Morgan fingerprint density at radius 2 is 2.33 bits per heavy atom. The molecule has 1 aromatic rings. The fourth-order valence-corrected chi connectivity index (χ4v) is 1.43. The zero-order chi connectivity index (χ0) is 8.81. The molecule has 0 fully saturated rings. The predicted molar refractivity (Wildman–Crippen MR) is 45.9 cm³/mol. The minimum absolute atomic E-state index is 0.380. The molecule has 0 aliphatic rings. The van der Waals surface area contributed by atoms with Crippen molar-refractivity contribution in [1.29, 1.82) is 0 Å². The minimum Gasteiger partial charge on any atom is -0.306 e. The quantitative estimate of drug-likeness (QED) is 0.398. The topological polar surface area (TPSA) is 57.0 Å². The lowest BCUT2D eigenvalue weighted by molar-refractivity contribution is -0.696. The van der Waals surface area contributed by atoms with Gasteiger partial charge in [0.05, 0.1) is 6.54 Å². The van der Waals surface area contributed by atoms with E-state index in [4.69, 9.17) is 4.55 Å². The molecule has 0 aliphatic heterocycles. The van der Waals surface area contributed by atoms with E-state index in [1.165, 1.54) is 0 Å². The molecule has 0 saturated heterocycles. The molecule has 0 amide bonds. The third kappa shape index (κ3) is 3.64. The molecule has 0 aromatic carbocycles. The number of unbranched alkanes of at least 4 members (excludes halogenated alkanes) is 1. The van der Waals surface area contributed by atoms with Gasteiger partial charge in [-0.05, 0) is 12.8 Å². The van der Waals surface area contributed by atoms with Crippen molar-refractivity contribution in [2.75, 3.05) is 5.75 Å². The lowest BCUT2D eigenvalue weighted by Crippen LogP contribution is -2.30. The highest BCUT2D eigenvalue weighted by Crippen LogP contribution is 1.90. The second-order valence-electron chi connectivity index (χ2n) is 2.58. The molecule has 68 valence electrons. The Labute approximate surface area is 73.9 Å². The van der Waals surface area contributed by atoms with E-state index in [1.54, 1.807) is 0 Å². The van der Waals surface area contributed by atoms with Gasteiger partial charge < -0.3 is 4.55 Å². The van der Waals surface area contributed by atoms with Gasteiger partial charge in [0.15, 0.2) is 11.1 Å². The van der Waals surface area contributed by atoms with E-state index in [1.807, 2.05) is 23.3 Å². The molecule has 1 atom stereocenters. The molecule has 1 aromatic heterocycles. The van der Waals surface area contributed by atoms with Crippen LogP contribution in [-0.4, -0.2) is 19.5 Å². The molecule has 12 heavy (non-hydrogen) atoms. The van der Waals surface area contributed by atoms with Gasteiger partial charge >= 0.3 is 0 Å². The van der Waals surface area contributed by atoms with Gasteiger partial charge in [-0.15, -0.1) is 0 Å². The second-order valence-corrected chi connectivity index (χ2v) is 3.63. The monoisotopic (exact) mass is 189 g/mol. The molecular weight excluding hydrogens is 176 g/mol. The average Bonchev–Trinajstić information content (AvgIpc) is 2.49. The Balaban J connectivity index is 2.07. The number of aromatic nitrogens is 2. The highest BCUT2D eigenvalue weighted by molar-refractivity contribution is 7.79. The van der Waals surface area contributed by atoms with Crippen LogP contribution in [0.15, 0.2) is 18.7 Å². The number of rotatable bonds is 5. The number of aryl methyl sites for hydroxylation is 1. The SMILES string of the molecule is O=S(O)CCCC[n+]1cc[nH]c1. The van der Waals surface area contributed by atoms with Gasteiger partial charge in [-0.2, -0.15) is 0 Å². The number of hydrogen-bond acceptors (Lipinski definition) is 1. The fourth-order valence-electron chi connectivity index (χ4n) is 0.980. The van der Waals surface area contributed by atoms with Crippen LogP contribution in [0.3, 0.4) is 0 Å². The van der Waals surface area contributed by atoms with Gasteiger partial charge in [0.2, 0.25) is 6.33 Å². The Bertz CT molecular complexity index is 236. The summed E-state index contributed by atoms with van der Waals surface area (Å²) in [5.74, 6) is 0.380. The molecule has 1 heterocycles. The van der Waals surface area contributed by atoms with Crippen LogP contribution in [0, 0.1) is 0 Å². The largest absolute Gasteiger partial charge is 0.306 e. The van der Waals surface area contributed by atoms with E-state index in [9.17, 15) is 4.21 Å². The summed E-state index contributed by atoms with van der Waals surface area (Å²) in [7, 11) is 0. The summed E-state index contributed by atoms with van der Waals surface area (Å²) in [6, 6.07) is 0. The molecule has 1 unspecified atom stereocenters. The smallest absolute Gasteiger partial charge is 0.241 e. The summed E-state index contributed by atoms with van der Waals surface area (Å²) < 4.78 is 20.7. The van der Waals surface area contributed by atoms with E-state index in [0.717, 1.165) is 19.4 Å². The number of nitrogens with zero attached hydrogens (tertiary/aromatic N) is 1. The zero-order valence-corrected chi connectivity index (χ0v) is 7.59. The first kappa shape index (κ1) is 9.41. The molecule has 0 radical (unpaired) electrons. The standard InChI is InChI=1S/C7H12N2O2S/c10-12(11)6-2-1-4-9-5-3-8-7-9/h3,5,7H,1-2,4,6H2,(H,10,11)/p+1. The number of aromatic amines is 1. The van der Waals surface area contributed by atoms with Crippen molar-refractivity contribution >= 4 is 11.1 Å². The average molecular weight is 189 g/mol. The van der Waals surface area contributed by atoms with Crippen molar-refractivity contribution in [3.63, 3.8) is 0 Å². The van der Waals surface area contributed by atoms with Crippen molar-refractivity contribution in [2.45, 2.75) is 19.4 Å². The third-order valence-corrected chi connectivity index (χ3v) is 2.23. The van der Waals surface area contributed by atoms with Gasteiger partial charge in [-0.3, -0.25) is 4.98 Å². The molecule has 1 rings (SSSR count). The third-order valence-electron chi connectivity index (χ3n) is 1.59. The first-order chi connectivity index (χ1) is 5.79. The summed E-state index contributed by atoms with van der Waals surface area (Å²) in [5.41, 5.74) is 0. The maximum atomic E-state index is 10.3. The Morgan fingerprint density at radius 1 is 1.50 bits per heavy atom. The molecule has 4 nitrogen and oxygen atoms in total. The fraction of sp³-hybridized carbons (Fsp3) is 0.571. The zero-order valence-electron chi connectivity index (χ0n) is 6.77. The summed E-state index contributed by atoms with van der Waals surface area (Å²) in [6.07, 6.45) is 7.39. The highest BCUT2D eigenvalue weighted by Gasteiger charge is 1.97. The molecular formula is C7H13N2O2S+. The van der Waals surface area contributed by atoms with Crippen molar-refractivity contribution in [2.24, 2.45) is 0 Å². The van der Waals surface area contributed by atoms with Crippen LogP contribution < -0.4 is 4.57 Å². The maximum Gasteiger partial charge on any atom is 0.241 e. The maximum absolute atomic E-state index is 10.3. The lowest BCUT2D eigenvalue weighted by Gasteiger charge is -1.94. The van der Waals surface area contributed by atoms with Crippen molar-refractivity contribution < 1.29 is 13.3 Å². The molecule has 0 saturated carbocycles. The number of hydrogen-bond donors (Lipinski definition) is 2. The van der Waals surface area contributed by atoms with Crippen LogP contribution in [-0.2, 0) is 17.6 Å². The normalized spacial score (nSPS) is 13.1. The van der Waals surface area contributed by atoms with Gasteiger partial charge in [0.25, 0.3) is 0 Å². The summed E-state index contributed by atoms with van der Waals surface area (Å²) in [5, 5.41) is 0. The van der Waals surface area contributed by atoms with Gasteiger partial charge in [0.1, 0.15) is 12.4 Å². The summed E-state index contributed by atoms with van der Waals surface area (Å²) in [4.78, 5) is 2.93. The van der Waals surface area contributed by atoms with Crippen LogP contribution >= 0.6 is 0 Å². The minimum atomic E-state index is -1.63. The van der Waals surface area contributed by atoms with Crippen LogP contribution in [0.4, 0.5) is 0 Å². The van der Waals surface area contributed by atoms with E-state index >= 15 is 0 Å². The van der Waals surface area contributed by atoms with Crippen LogP contribution in [0.2, 0.25) is 0 Å². The van der Waals surface area contributed by atoms with E-state index in [0.29, 0.717) is 5.75 Å². The molecule has 0 aliphatic carbocycles. The first-order valence-corrected chi connectivity index (χ1v) is 5.16. The highest BCUT2D eigenvalue weighted by atomic mass is 32.2. The van der Waals surface area contributed by atoms with Crippen LogP contribution in [0.25, 0.3) is 0 Å². The Morgan fingerprint density at radius 3 is 2.92 bits per heavy atom. The van der Waals surface area contributed by atoms with E-state index in [2.05, 4.69) is 4.98 Å². The summed E-state index contributed by atoms with van der Waals surface area (Å²) >= 11 is -1.63. The predicted octanol–water partition coefficient (Wildman–Crippen LogP) is 0.304. The second kappa shape index (κ2) is 5.05. The molecule has 2 N–H and O–H groups in total. The van der Waals surface area contributed by atoms with Crippen LogP contribution in [0.5, 0.6) is 0 Å². The Hall–Kier alpha value is -0.680. The van der Waals surface area contributed by atoms with E-state index in [-0.39, 0.29) is 0 Å². The summed E-state index contributed by atoms with van der Waals surface area (Å²) in [6.45, 7) is 0.903. The van der Waals surface area contributed by atoms with Crippen LogP contribution in [0.1, 0.15) is 12.8 Å². The van der Waals surface area contributed by atoms with Gasteiger partial charge in [0, 0.05) is 5.75 Å².